The lowest BCUT2D eigenvalue weighted by Gasteiger charge is -2.09. The van der Waals surface area contributed by atoms with Crippen molar-refractivity contribution >= 4 is 38.1 Å². The van der Waals surface area contributed by atoms with E-state index in [1.165, 1.54) is 47.7 Å². The topological polar surface area (TPSA) is 101 Å². The van der Waals surface area contributed by atoms with Crippen LogP contribution in [0.4, 0.5) is 15.2 Å². The minimum absolute atomic E-state index is 0.0876. The number of sulfonamides is 1. The van der Waals surface area contributed by atoms with Crippen LogP contribution >= 0.6 is 11.3 Å². The first-order valence-electron chi connectivity index (χ1n) is 8.89. The normalized spacial score (nSPS) is 11.2. The van der Waals surface area contributed by atoms with Gasteiger partial charge in [0.15, 0.2) is 0 Å². The highest BCUT2D eigenvalue weighted by Gasteiger charge is 2.17. The fourth-order valence-corrected chi connectivity index (χ4v) is 4.32. The van der Waals surface area contributed by atoms with Crippen molar-refractivity contribution in [2.45, 2.75) is 31.1 Å². The van der Waals surface area contributed by atoms with Gasteiger partial charge in [0, 0.05) is 17.7 Å². The molecular formula is C19H19FN4O3S2. The molecule has 0 atom stereocenters. The molecule has 0 radical (unpaired) electrons. The van der Waals surface area contributed by atoms with E-state index >= 15 is 0 Å². The van der Waals surface area contributed by atoms with E-state index in [4.69, 9.17) is 0 Å². The number of halogens is 1. The smallest absolute Gasteiger partial charge is 0.261 e. The van der Waals surface area contributed by atoms with Crippen LogP contribution in [-0.4, -0.2) is 24.5 Å². The van der Waals surface area contributed by atoms with Crippen molar-refractivity contribution in [3.05, 3.63) is 64.9 Å². The van der Waals surface area contributed by atoms with Crippen LogP contribution in [0.3, 0.4) is 0 Å². The molecule has 0 saturated carbocycles. The maximum atomic E-state index is 13.0. The summed E-state index contributed by atoms with van der Waals surface area (Å²) in [6.45, 7) is 2.08. The number of aryl methyl sites for hydroxylation is 1. The zero-order valence-corrected chi connectivity index (χ0v) is 17.2. The van der Waals surface area contributed by atoms with E-state index in [0.717, 1.165) is 36.4 Å². The summed E-state index contributed by atoms with van der Waals surface area (Å²) in [6, 6.07) is 10.5. The molecule has 3 aromatic rings. The predicted molar refractivity (Wildman–Crippen MR) is 110 cm³/mol. The van der Waals surface area contributed by atoms with Gasteiger partial charge in [0.2, 0.25) is 5.13 Å². The van der Waals surface area contributed by atoms with Crippen LogP contribution in [0.2, 0.25) is 0 Å². The number of rotatable bonds is 8. The van der Waals surface area contributed by atoms with E-state index in [1.807, 2.05) is 0 Å². The van der Waals surface area contributed by atoms with Crippen molar-refractivity contribution < 1.29 is 17.6 Å². The first kappa shape index (κ1) is 20.9. The number of carbonyl (C=O) groups excluding carboxylic acids is 1. The molecule has 0 spiro atoms. The monoisotopic (exact) mass is 434 g/mol. The van der Waals surface area contributed by atoms with Crippen LogP contribution in [0, 0.1) is 5.82 Å². The maximum absolute atomic E-state index is 13.0. The Balaban J connectivity index is 1.73. The highest BCUT2D eigenvalue weighted by atomic mass is 32.2. The van der Waals surface area contributed by atoms with Crippen molar-refractivity contribution in [1.82, 2.24) is 10.2 Å². The van der Waals surface area contributed by atoms with Gasteiger partial charge in [0.05, 0.1) is 4.90 Å². The lowest BCUT2D eigenvalue weighted by molar-refractivity contribution is 0.102. The lowest BCUT2D eigenvalue weighted by atomic mass is 10.2. The number of hydrogen-bond acceptors (Lipinski definition) is 6. The summed E-state index contributed by atoms with van der Waals surface area (Å²) in [6.07, 6.45) is 2.82. The van der Waals surface area contributed by atoms with E-state index < -0.39 is 21.7 Å². The second-order valence-electron chi connectivity index (χ2n) is 6.20. The molecule has 0 bridgehead atoms. The van der Waals surface area contributed by atoms with E-state index in [9.17, 15) is 17.6 Å². The molecule has 29 heavy (non-hydrogen) atoms. The van der Waals surface area contributed by atoms with Crippen LogP contribution in [0.5, 0.6) is 0 Å². The Labute approximate surface area is 172 Å². The summed E-state index contributed by atoms with van der Waals surface area (Å²) in [5, 5.41) is 11.8. The molecule has 0 aliphatic heterocycles. The van der Waals surface area contributed by atoms with Crippen molar-refractivity contribution in [2.75, 3.05) is 10.0 Å². The van der Waals surface area contributed by atoms with Crippen LogP contribution in [0.25, 0.3) is 0 Å². The minimum atomic E-state index is -3.94. The van der Waals surface area contributed by atoms with Gasteiger partial charge in [-0.1, -0.05) is 30.7 Å². The average Bonchev–Trinajstić information content (AvgIpc) is 3.15. The Hall–Kier alpha value is -2.85. The molecule has 2 aromatic carbocycles. The molecule has 3 rings (SSSR count). The first-order valence-corrected chi connectivity index (χ1v) is 11.2. The zero-order valence-electron chi connectivity index (χ0n) is 15.6. The van der Waals surface area contributed by atoms with E-state index in [-0.39, 0.29) is 16.1 Å². The van der Waals surface area contributed by atoms with Crippen molar-refractivity contribution in [1.29, 1.82) is 0 Å². The molecule has 1 aromatic heterocycles. The molecule has 1 amide bonds. The van der Waals surface area contributed by atoms with Gasteiger partial charge in [-0.2, -0.15) is 0 Å². The van der Waals surface area contributed by atoms with Gasteiger partial charge in [-0.25, -0.2) is 12.8 Å². The quantitative estimate of drug-likeness (QED) is 0.556. The second kappa shape index (κ2) is 9.10. The standard InChI is InChI=1S/C19H19FN4O3S2/c1-2-3-7-17-22-23-19(28-17)21-18(25)13-5-4-6-16(12-13)29(26,27)24-15-10-8-14(20)9-11-15/h4-6,8-12,24H,2-3,7H2,1H3,(H,21,23,25). The summed E-state index contributed by atoms with van der Waals surface area (Å²) in [5.74, 6) is -0.955. The molecule has 1 heterocycles. The fraction of sp³-hybridized carbons (Fsp3) is 0.211. The predicted octanol–water partition coefficient (Wildman–Crippen LogP) is 4.07. The van der Waals surface area contributed by atoms with Crippen LogP contribution < -0.4 is 10.0 Å². The molecule has 0 aliphatic rings. The van der Waals surface area contributed by atoms with Gasteiger partial charge in [0.25, 0.3) is 15.9 Å². The SMILES string of the molecule is CCCCc1nnc(NC(=O)c2cccc(S(=O)(=O)Nc3ccc(F)cc3)c2)s1. The first-order chi connectivity index (χ1) is 13.9. The number of nitrogens with one attached hydrogen (secondary N) is 2. The zero-order chi connectivity index (χ0) is 20.9. The Kier molecular flexibility index (Phi) is 6.55. The third-order valence-corrected chi connectivity index (χ3v) is 6.21. The molecule has 0 unspecified atom stereocenters. The third-order valence-electron chi connectivity index (χ3n) is 3.93. The summed E-state index contributed by atoms with van der Waals surface area (Å²) >= 11 is 1.29. The highest BCUT2D eigenvalue weighted by molar-refractivity contribution is 7.92. The molecular weight excluding hydrogens is 415 g/mol. The molecule has 10 heteroatoms. The number of anilines is 2. The van der Waals surface area contributed by atoms with E-state index in [0.29, 0.717) is 5.13 Å². The van der Waals surface area contributed by atoms with Gasteiger partial charge in [-0.05, 0) is 48.9 Å². The van der Waals surface area contributed by atoms with Crippen molar-refractivity contribution in [2.24, 2.45) is 0 Å². The van der Waals surface area contributed by atoms with Crippen LogP contribution in [0.15, 0.2) is 53.4 Å². The van der Waals surface area contributed by atoms with Crippen molar-refractivity contribution in [3.8, 4) is 0 Å². The second-order valence-corrected chi connectivity index (χ2v) is 8.94. The summed E-state index contributed by atoms with van der Waals surface area (Å²) in [5.41, 5.74) is 0.381. The van der Waals surface area contributed by atoms with Crippen molar-refractivity contribution in [3.63, 3.8) is 0 Å². The largest absolute Gasteiger partial charge is 0.296 e. The number of unbranched alkanes of at least 4 members (excludes halogenated alkanes) is 1. The Morgan fingerprint density at radius 1 is 1.14 bits per heavy atom. The summed E-state index contributed by atoms with van der Waals surface area (Å²) in [7, 11) is -3.94. The summed E-state index contributed by atoms with van der Waals surface area (Å²) in [4.78, 5) is 12.4. The van der Waals surface area contributed by atoms with E-state index in [1.54, 1.807) is 0 Å². The van der Waals surface area contributed by atoms with Crippen LogP contribution in [-0.2, 0) is 16.4 Å². The molecule has 0 fully saturated rings. The van der Waals surface area contributed by atoms with Gasteiger partial charge >= 0.3 is 0 Å². The number of aromatic nitrogens is 2. The molecule has 0 aliphatic carbocycles. The minimum Gasteiger partial charge on any atom is -0.296 e. The lowest BCUT2D eigenvalue weighted by Crippen LogP contribution is -2.16. The highest BCUT2D eigenvalue weighted by Crippen LogP contribution is 2.20. The Morgan fingerprint density at radius 3 is 2.62 bits per heavy atom. The number of benzene rings is 2. The number of amides is 1. The maximum Gasteiger partial charge on any atom is 0.261 e. The molecule has 0 saturated heterocycles. The number of hydrogen-bond donors (Lipinski definition) is 2. The number of nitrogens with zero attached hydrogens (tertiary/aromatic N) is 2. The third kappa shape index (κ3) is 5.58. The molecule has 2 N–H and O–H groups in total. The molecule has 152 valence electrons. The van der Waals surface area contributed by atoms with Gasteiger partial charge in [-0.15, -0.1) is 10.2 Å². The van der Waals surface area contributed by atoms with Gasteiger partial charge in [0.1, 0.15) is 10.8 Å². The average molecular weight is 435 g/mol. The van der Waals surface area contributed by atoms with Crippen LogP contribution in [0.1, 0.15) is 35.1 Å². The van der Waals surface area contributed by atoms with E-state index in [2.05, 4.69) is 27.2 Å². The van der Waals surface area contributed by atoms with Gasteiger partial charge in [-0.3, -0.25) is 14.8 Å². The number of carbonyl (C=O) groups is 1. The Bertz CT molecular complexity index is 1100. The Morgan fingerprint density at radius 2 is 1.90 bits per heavy atom. The fourth-order valence-electron chi connectivity index (χ4n) is 2.44. The van der Waals surface area contributed by atoms with Gasteiger partial charge < -0.3 is 0 Å². The molecule has 7 nitrogen and oxygen atoms in total. The summed E-state index contributed by atoms with van der Waals surface area (Å²) < 4.78 is 40.5.